The van der Waals surface area contributed by atoms with Crippen molar-refractivity contribution in [3.8, 4) is 0 Å². The van der Waals surface area contributed by atoms with Crippen LogP contribution in [0, 0.1) is 18.8 Å². The predicted molar refractivity (Wildman–Crippen MR) is 99.0 cm³/mol. The van der Waals surface area contributed by atoms with Gasteiger partial charge in [-0.2, -0.15) is 9.40 Å². The third kappa shape index (κ3) is 3.81. The highest BCUT2D eigenvalue weighted by Crippen LogP contribution is 2.27. The molecule has 1 aromatic heterocycles. The van der Waals surface area contributed by atoms with Crippen molar-refractivity contribution in [1.29, 1.82) is 0 Å². The topological polar surface area (TPSA) is 84.3 Å². The van der Waals surface area contributed by atoms with Gasteiger partial charge in [-0.05, 0) is 38.5 Å². The van der Waals surface area contributed by atoms with Crippen LogP contribution in [0.5, 0.6) is 0 Å². The fraction of sp³-hybridized carbons (Fsp3) is 0.778. The van der Waals surface area contributed by atoms with Gasteiger partial charge < -0.3 is 5.32 Å². The van der Waals surface area contributed by atoms with Crippen LogP contribution in [0.15, 0.2) is 11.1 Å². The summed E-state index contributed by atoms with van der Waals surface area (Å²) in [5.41, 5.74) is 0.618. The van der Waals surface area contributed by atoms with Crippen molar-refractivity contribution >= 4 is 15.9 Å². The molecule has 1 aliphatic heterocycles. The van der Waals surface area contributed by atoms with E-state index in [0.717, 1.165) is 25.7 Å². The lowest BCUT2D eigenvalue weighted by Gasteiger charge is -2.34. The van der Waals surface area contributed by atoms with Crippen molar-refractivity contribution in [2.24, 2.45) is 18.9 Å². The second kappa shape index (κ2) is 7.68. The van der Waals surface area contributed by atoms with Gasteiger partial charge in [0.2, 0.25) is 15.9 Å². The average Bonchev–Trinajstić information content (AvgIpc) is 2.97. The van der Waals surface area contributed by atoms with Crippen LogP contribution >= 0.6 is 0 Å². The van der Waals surface area contributed by atoms with Gasteiger partial charge in [0.25, 0.3) is 0 Å². The van der Waals surface area contributed by atoms with Crippen LogP contribution in [0.1, 0.15) is 51.1 Å². The average molecular weight is 383 g/mol. The number of aromatic nitrogens is 2. The normalized spacial score (nSPS) is 28.0. The number of aryl methyl sites for hydroxylation is 1. The second-order valence-electron chi connectivity index (χ2n) is 7.80. The number of nitrogens with one attached hydrogen (secondary N) is 1. The van der Waals surface area contributed by atoms with E-state index >= 15 is 0 Å². The Hall–Kier alpha value is -1.41. The molecule has 0 unspecified atom stereocenters. The molecule has 1 saturated heterocycles. The minimum Gasteiger partial charge on any atom is -0.353 e. The van der Waals surface area contributed by atoms with Gasteiger partial charge >= 0.3 is 0 Å². The molecule has 1 aliphatic carbocycles. The van der Waals surface area contributed by atoms with Crippen molar-refractivity contribution in [1.82, 2.24) is 19.4 Å². The maximum absolute atomic E-state index is 13.0. The smallest absolute Gasteiger partial charge is 0.246 e. The Morgan fingerprint density at radius 1 is 1.23 bits per heavy atom. The lowest BCUT2D eigenvalue weighted by molar-refractivity contribution is -0.127. The molecule has 3 atom stereocenters. The lowest BCUT2D eigenvalue weighted by Crippen LogP contribution is -2.49. The first-order chi connectivity index (χ1) is 12.3. The molecule has 0 bridgehead atoms. The van der Waals surface area contributed by atoms with Gasteiger partial charge in [0.1, 0.15) is 4.90 Å². The number of carbonyl (C=O) groups is 1. The standard InChI is InChI=1S/C18H30N4O3S/c1-13-7-4-5-9-16(13)20-18(23)15-8-6-10-22(12-15)26(24,25)17-11-19-21(3)14(17)2/h11,13,15-16H,4-10,12H2,1-3H3,(H,20,23)/t13-,15-,16-/m0/s1. The van der Waals surface area contributed by atoms with E-state index in [2.05, 4.69) is 17.3 Å². The molecule has 1 N–H and O–H groups in total. The van der Waals surface area contributed by atoms with Gasteiger partial charge in [-0.15, -0.1) is 0 Å². The molecule has 2 aliphatic rings. The zero-order valence-electron chi connectivity index (χ0n) is 15.9. The van der Waals surface area contributed by atoms with Gasteiger partial charge in [0.15, 0.2) is 0 Å². The molecule has 0 spiro atoms. The first-order valence-electron chi connectivity index (χ1n) is 9.60. The molecule has 0 aromatic carbocycles. The summed E-state index contributed by atoms with van der Waals surface area (Å²) in [4.78, 5) is 13.0. The van der Waals surface area contributed by atoms with Gasteiger partial charge in [-0.3, -0.25) is 9.48 Å². The fourth-order valence-electron chi connectivity index (χ4n) is 4.08. The summed E-state index contributed by atoms with van der Waals surface area (Å²) in [6.45, 7) is 4.65. The molecule has 7 nitrogen and oxygen atoms in total. The molecule has 2 heterocycles. The van der Waals surface area contributed by atoms with E-state index in [1.165, 1.54) is 16.9 Å². The largest absolute Gasteiger partial charge is 0.353 e. The van der Waals surface area contributed by atoms with Crippen molar-refractivity contribution in [3.05, 3.63) is 11.9 Å². The Morgan fingerprint density at radius 3 is 2.62 bits per heavy atom. The van der Waals surface area contributed by atoms with Gasteiger partial charge in [0.05, 0.1) is 17.8 Å². The van der Waals surface area contributed by atoms with Crippen LogP contribution in [-0.4, -0.2) is 47.5 Å². The van der Waals surface area contributed by atoms with Gasteiger partial charge in [-0.1, -0.05) is 19.8 Å². The van der Waals surface area contributed by atoms with E-state index in [1.807, 2.05) is 0 Å². The van der Waals surface area contributed by atoms with Crippen LogP contribution in [0.25, 0.3) is 0 Å². The molecule has 1 saturated carbocycles. The molecule has 2 fully saturated rings. The Kier molecular flexibility index (Phi) is 5.72. The summed E-state index contributed by atoms with van der Waals surface area (Å²) in [7, 11) is -1.88. The number of amides is 1. The molecular formula is C18H30N4O3S. The molecular weight excluding hydrogens is 352 g/mol. The summed E-state index contributed by atoms with van der Waals surface area (Å²) in [5.74, 6) is 0.227. The predicted octanol–water partition coefficient (Wildman–Crippen LogP) is 1.82. The number of hydrogen-bond acceptors (Lipinski definition) is 4. The SMILES string of the molecule is Cc1c(S(=O)(=O)N2CCC[C@H](C(=O)N[C@H]3CCCC[C@@H]3C)C2)cnn1C. The van der Waals surface area contributed by atoms with Crippen molar-refractivity contribution in [2.75, 3.05) is 13.1 Å². The highest BCUT2D eigenvalue weighted by atomic mass is 32.2. The van der Waals surface area contributed by atoms with E-state index < -0.39 is 10.0 Å². The highest BCUT2D eigenvalue weighted by Gasteiger charge is 2.36. The Balaban J connectivity index is 1.68. The zero-order valence-corrected chi connectivity index (χ0v) is 16.8. The van der Waals surface area contributed by atoms with Crippen molar-refractivity contribution < 1.29 is 13.2 Å². The highest BCUT2D eigenvalue weighted by molar-refractivity contribution is 7.89. The number of rotatable bonds is 4. The number of sulfonamides is 1. The van der Waals surface area contributed by atoms with Crippen LogP contribution in [0.2, 0.25) is 0 Å². The van der Waals surface area contributed by atoms with E-state index in [0.29, 0.717) is 24.6 Å². The summed E-state index contributed by atoms with van der Waals surface area (Å²) in [6, 6.07) is 0.226. The van der Waals surface area contributed by atoms with E-state index in [9.17, 15) is 13.2 Å². The number of carbonyl (C=O) groups excluding carboxylic acids is 1. The molecule has 146 valence electrons. The van der Waals surface area contributed by atoms with Crippen molar-refractivity contribution in [2.45, 2.75) is 63.3 Å². The number of nitrogens with zero attached hydrogens (tertiary/aromatic N) is 3. The first-order valence-corrected chi connectivity index (χ1v) is 11.0. The molecule has 8 heteroatoms. The third-order valence-electron chi connectivity index (χ3n) is 6.00. The Bertz CT molecular complexity index is 758. The molecule has 1 aromatic rings. The minimum absolute atomic E-state index is 0.00607. The van der Waals surface area contributed by atoms with Crippen LogP contribution < -0.4 is 5.32 Å². The Morgan fingerprint density at radius 2 is 1.96 bits per heavy atom. The van der Waals surface area contributed by atoms with Crippen LogP contribution in [0.3, 0.4) is 0 Å². The van der Waals surface area contributed by atoms with E-state index in [1.54, 1.807) is 18.7 Å². The summed E-state index contributed by atoms with van der Waals surface area (Å²) in [5, 5.41) is 7.24. The Labute approximate surface area is 156 Å². The molecule has 3 rings (SSSR count). The lowest BCUT2D eigenvalue weighted by atomic mass is 9.85. The quantitative estimate of drug-likeness (QED) is 0.861. The first kappa shape index (κ1) is 19.4. The summed E-state index contributed by atoms with van der Waals surface area (Å²) >= 11 is 0. The second-order valence-corrected chi connectivity index (χ2v) is 9.70. The van der Waals surface area contributed by atoms with Gasteiger partial charge in [-0.25, -0.2) is 8.42 Å². The fourth-order valence-corrected chi connectivity index (χ4v) is 5.79. The summed E-state index contributed by atoms with van der Waals surface area (Å²) < 4.78 is 29.0. The van der Waals surface area contributed by atoms with E-state index in [-0.39, 0.29) is 29.3 Å². The molecule has 0 radical (unpaired) electrons. The van der Waals surface area contributed by atoms with Crippen molar-refractivity contribution in [3.63, 3.8) is 0 Å². The molecule has 1 amide bonds. The minimum atomic E-state index is -3.61. The van der Waals surface area contributed by atoms with Crippen LogP contribution in [0.4, 0.5) is 0 Å². The summed E-state index contributed by atoms with van der Waals surface area (Å²) in [6.07, 6.45) is 7.40. The maximum Gasteiger partial charge on any atom is 0.246 e. The molecule has 26 heavy (non-hydrogen) atoms. The zero-order chi connectivity index (χ0) is 18.9. The number of piperidine rings is 1. The van der Waals surface area contributed by atoms with E-state index in [4.69, 9.17) is 0 Å². The third-order valence-corrected chi connectivity index (χ3v) is 7.97. The number of hydrogen-bond donors (Lipinski definition) is 1. The van der Waals surface area contributed by atoms with Gasteiger partial charge in [0, 0.05) is 26.2 Å². The monoisotopic (exact) mass is 382 g/mol. The maximum atomic E-state index is 13.0. The van der Waals surface area contributed by atoms with Crippen LogP contribution in [-0.2, 0) is 21.9 Å².